The molecule has 0 aliphatic carbocycles. The maximum atomic E-state index is 12.1. The van der Waals surface area contributed by atoms with Gasteiger partial charge in [0, 0.05) is 21.5 Å². The lowest BCUT2D eigenvalue weighted by molar-refractivity contribution is 0.0947. The van der Waals surface area contributed by atoms with E-state index in [0.29, 0.717) is 6.54 Å². The summed E-state index contributed by atoms with van der Waals surface area (Å²) in [6.45, 7) is 1.36. The Kier molecular flexibility index (Phi) is 5.31. The van der Waals surface area contributed by atoms with Gasteiger partial charge in [0.05, 0.1) is 6.54 Å². The molecule has 4 heteroatoms. The number of nitrogens with zero attached hydrogens (tertiary/aromatic N) is 1. The largest absolute Gasteiger partial charge is 0.299 e. The van der Waals surface area contributed by atoms with Crippen molar-refractivity contribution < 1.29 is 4.79 Å². The Labute approximate surface area is 126 Å². The summed E-state index contributed by atoms with van der Waals surface area (Å²) in [5, 5.41) is 2.09. The van der Waals surface area contributed by atoms with Crippen molar-refractivity contribution in [3.8, 4) is 0 Å². The third-order valence-electron chi connectivity index (χ3n) is 2.88. The molecule has 19 heavy (non-hydrogen) atoms. The molecule has 100 valence electrons. The lowest BCUT2D eigenvalue weighted by Gasteiger charge is -2.15. The second kappa shape index (κ2) is 6.98. The molecule has 0 atom stereocenters. The number of Topliss-reactive ketones (excluding diaryl/α,β-unsaturated/α-hetero) is 1. The number of halogens is 1. The zero-order valence-electron chi connectivity index (χ0n) is 10.8. The van der Waals surface area contributed by atoms with Crippen molar-refractivity contribution in [2.24, 2.45) is 0 Å². The minimum atomic E-state index is 0.162. The summed E-state index contributed by atoms with van der Waals surface area (Å²) < 4.78 is 0.944. The number of rotatable bonds is 6. The first-order valence-corrected chi connectivity index (χ1v) is 7.82. The lowest BCUT2D eigenvalue weighted by atomic mass is 10.1. The molecule has 0 bridgehead atoms. The molecule has 0 aliphatic heterocycles. The van der Waals surface area contributed by atoms with Gasteiger partial charge in [-0.2, -0.15) is 0 Å². The van der Waals surface area contributed by atoms with Gasteiger partial charge in [0.15, 0.2) is 5.78 Å². The average Bonchev–Trinajstić information content (AvgIpc) is 2.89. The van der Waals surface area contributed by atoms with E-state index in [1.165, 1.54) is 4.88 Å². The van der Waals surface area contributed by atoms with Crippen molar-refractivity contribution in [3.05, 3.63) is 56.7 Å². The number of hydrogen-bond donors (Lipinski definition) is 0. The minimum absolute atomic E-state index is 0.162. The van der Waals surface area contributed by atoms with Crippen LogP contribution in [0.4, 0.5) is 0 Å². The van der Waals surface area contributed by atoms with Crippen LogP contribution in [0.3, 0.4) is 0 Å². The predicted octanol–water partition coefficient (Wildman–Crippen LogP) is 3.87. The van der Waals surface area contributed by atoms with Gasteiger partial charge < -0.3 is 0 Å². The van der Waals surface area contributed by atoms with Crippen LogP contribution in [0.2, 0.25) is 0 Å². The van der Waals surface area contributed by atoms with Gasteiger partial charge in [-0.25, -0.2) is 0 Å². The van der Waals surface area contributed by atoms with Crippen LogP contribution in [-0.4, -0.2) is 30.8 Å². The van der Waals surface area contributed by atoms with Crippen molar-refractivity contribution in [3.63, 3.8) is 0 Å². The van der Waals surface area contributed by atoms with E-state index in [0.717, 1.165) is 23.0 Å². The van der Waals surface area contributed by atoms with Crippen LogP contribution < -0.4 is 0 Å². The van der Waals surface area contributed by atoms with Gasteiger partial charge in [-0.15, -0.1) is 11.3 Å². The van der Waals surface area contributed by atoms with E-state index in [1.54, 1.807) is 11.3 Å². The monoisotopic (exact) mass is 337 g/mol. The highest BCUT2D eigenvalue weighted by atomic mass is 79.9. The van der Waals surface area contributed by atoms with Crippen molar-refractivity contribution >= 4 is 33.0 Å². The minimum Gasteiger partial charge on any atom is -0.299 e. The topological polar surface area (TPSA) is 20.3 Å². The normalized spacial score (nSPS) is 10.9. The Hall–Kier alpha value is -0.970. The highest BCUT2D eigenvalue weighted by molar-refractivity contribution is 9.10. The SMILES string of the molecule is CN(CCc1cccs1)CC(=O)c1cccc(Br)c1. The molecule has 0 unspecified atom stereocenters. The molecule has 0 saturated heterocycles. The zero-order chi connectivity index (χ0) is 13.7. The first-order chi connectivity index (χ1) is 9.15. The van der Waals surface area contributed by atoms with Crippen LogP contribution in [-0.2, 0) is 6.42 Å². The Balaban J connectivity index is 1.84. The van der Waals surface area contributed by atoms with E-state index in [4.69, 9.17) is 0 Å². The third kappa shape index (κ3) is 4.56. The van der Waals surface area contributed by atoms with E-state index < -0.39 is 0 Å². The van der Waals surface area contributed by atoms with Gasteiger partial charge in [0.25, 0.3) is 0 Å². The molecule has 0 fully saturated rings. The second-order valence-corrected chi connectivity index (χ2v) is 6.45. The number of ketones is 1. The fourth-order valence-corrected chi connectivity index (χ4v) is 2.93. The van der Waals surface area contributed by atoms with Gasteiger partial charge in [-0.3, -0.25) is 9.69 Å². The molecular weight excluding hydrogens is 322 g/mol. The molecule has 0 N–H and O–H groups in total. The van der Waals surface area contributed by atoms with Crippen molar-refractivity contribution in [1.29, 1.82) is 0 Å². The summed E-state index contributed by atoms with van der Waals surface area (Å²) >= 11 is 5.15. The van der Waals surface area contributed by atoms with Crippen LogP contribution >= 0.6 is 27.3 Å². The molecule has 0 spiro atoms. The second-order valence-electron chi connectivity index (χ2n) is 4.50. The number of benzene rings is 1. The van der Waals surface area contributed by atoms with Crippen LogP contribution in [0, 0.1) is 0 Å². The standard InChI is InChI=1S/C15H16BrNOS/c1-17(8-7-14-6-3-9-19-14)11-15(18)12-4-2-5-13(16)10-12/h2-6,9-10H,7-8,11H2,1H3. The summed E-state index contributed by atoms with van der Waals surface area (Å²) in [5.41, 5.74) is 0.761. The summed E-state index contributed by atoms with van der Waals surface area (Å²) in [6.07, 6.45) is 1.000. The number of carbonyl (C=O) groups excluding carboxylic acids is 1. The Morgan fingerprint density at radius 2 is 2.16 bits per heavy atom. The molecule has 1 aromatic carbocycles. The Morgan fingerprint density at radius 3 is 2.84 bits per heavy atom. The number of carbonyl (C=O) groups is 1. The summed E-state index contributed by atoms with van der Waals surface area (Å²) in [6, 6.07) is 11.7. The summed E-state index contributed by atoms with van der Waals surface area (Å²) in [7, 11) is 1.99. The van der Waals surface area contributed by atoms with Crippen molar-refractivity contribution in [1.82, 2.24) is 4.90 Å². The van der Waals surface area contributed by atoms with Gasteiger partial charge in [0.1, 0.15) is 0 Å². The van der Waals surface area contributed by atoms with E-state index in [2.05, 4.69) is 38.3 Å². The van der Waals surface area contributed by atoms with E-state index in [1.807, 2.05) is 31.3 Å². The molecule has 1 aromatic heterocycles. The zero-order valence-corrected chi connectivity index (χ0v) is 13.2. The molecular formula is C15H16BrNOS. The quantitative estimate of drug-likeness (QED) is 0.746. The van der Waals surface area contributed by atoms with Gasteiger partial charge in [0.2, 0.25) is 0 Å². The van der Waals surface area contributed by atoms with Crippen LogP contribution in [0.5, 0.6) is 0 Å². The summed E-state index contributed by atoms with van der Waals surface area (Å²) in [4.78, 5) is 15.5. The summed E-state index contributed by atoms with van der Waals surface area (Å²) in [5.74, 6) is 0.162. The number of hydrogen-bond acceptors (Lipinski definition) is 3. The predicted molar refractivity (Wildman–Crippen MR) is 84.0 cm³/mol. The van der Waals surface area contributed by atoms with Crippen LogP contribution in [0.15, 0.2) is 46.3 Å². The third-order valence-corrected chi connectivity index (χ3v) is 4.31. The number of likely N-dealkylation sites (N-methyl/N-ethyl adjacent to an activating group) is 1. The fourth-order valence-electron chi connectivity index (χ4n) is 1.83. The Bertz CT molecular complexity index is 539. The van der Waals surface area contributed by atoms with Crippen molar-refractivity contribution in [2.75, 3.05) is 20.1 Å². The molecule has 2 aromatic rings. The Morgan fingerprint density at radius 1 is 1.32 bits per heavy atom. The fraction of sp³-hybridized carbons (Fsp3) is 0.267. The molecule has 0 aliphatic rings. The van der Waals surface area contributed by atoms with Gasteiger partial charge in [-0.1, -0.05) is 34.1 Å². The van der Waals surface area contributed by atoms with Crippen LogP contribution in [0.25, 0.3) is 0 Å². The van der Waals surface area contributed by atoms with Gasteiger partial charge in [-0.05, 0) is 37.0 Å². The van der Waals surface area contributed by atoms with Crippen molar-refractivity contribution in [2.45, 2.75) is 6.42 Å². The molecule has 1 heterocycles. The first-order valence-electron chi connectivity index (χ1n) is 6.15. The first kappa shape index (κ1) is 14.4. The highest BCUT2D eigenvalue weighted by Crippen LogP contribution is 2.13. The smallest absolute Gasteiger partial charge is 0.176 e. The molecule has 0 radical (unpaired) electrons. The molecule has 2 nitrogen and oxygen atoms in total. The van der Waals surface area contributed by atoms with E-state index in [-0.39, 0.29) is 5.78 Å². The molecule has 2 rings (SSSR count). The van der Waals surface area contributed by atoms with E-state index >= 15 is 0 Å². The maximum Gasteiger partial charge on any atom is 0.176 e. The lowest BCUT2D eigenvalue weighted by Crippen LogP contribution is -2.27. The van der Waals surface area contributed by atoms with Crippen LogP contribution in [0.1, 0.15) is 15.2 Å². The number of thiophene rings is 1. The molecule has 0 amide bonds. The average molecular weight is 338 g/mol. The maximum absolute atomic E-state index is 12.1. The van der Waals surface area contributed by atoms with Gasteiger partial charge >= 0.3 is 0 Å². The van der Waals surface area contributed by atoms with E-state index in [9.17, 15) is 4.79 Å². The molecule has 0 saturated carbocycles. The highest BCUT2D eigenvalue weighted by Gasteiger charge is 2.09.